The second-order valence-corrected chi connectivity index (χ2v) is 5.33. The van der Waals surface area contributed by atoms with Crippen LogP contribution in [-0.2, 0) is 9.53 Å². The van der Waals surface area contributed by atoms with Crippen molar-refractivity contribution in [2.24, 2.45) is 0 Å². The first-order valence-electron chi connectivity index (χ1n) is 6.77. The summed E-state index contributed by atoms with van der Waals surface area (Å²) in [5, 5.41) is 3.28. The molecule has 20 heavy (non-hydrogen) atoms. The Labute approximate surface area is 124 Å². The smallest absolute Gasteiger partial charge is 0.238 e. The van der Waals surface area contributed by atoms with E-state index in [1.807, 2.05) is 0 Å². The first kappa shape index (κ1) is 15.1. The number of benzene rings is 1. The van der Waals surface area contributed by atoms with Gasteiger partial charge in [-0.05, 0) is 24.6 Å². The number of nitrogens with zero attached hydrogens (tertiary/aromatic N) is 1. The Morgan fingerprint density at radius 3 is 3.15 bits per heavy atom. The largest absolute Gasteiger partial charge is 0.399 e. The number of anilines is 2. The van der Waals surface area contributed by atoms with Gasteiger partial charge in [0.25, 0.3) is 0 Å². The summed E-state index contributed by atoms with van der Waals surface area (Å²) in [6.07, 6.45) is 1.17. The Hall–Kier alpha value is -1.30. The van der Waals surface area contributed by atoms with E-state index in [2.05, 4.69) is 17.1 Å². The minimum atomic E-state index is -0.0887. The highest BCUT2D eigenvalue weighted by Gasteiger charge is 2.21. The molecular weight excluding hydrogens is 278 g/mol. The normalized spacial score (nSPS) is 19.8. The molecule has 1 amide bonds. The number of carbonyl (C=O) groups excluding carboxylic acids is 1. The predicted molar refractivity (Wildman–Crippen MR) is 81.0 cm³/mol. The van der Waals surface area contributed by atoms with E-state index in [0.717, 1.165) is 19.5 Å². The van der Waals surface area contributed by atoms with Crippen LogP contribution in [-0.4, -0.2) is 43.2 Å². The molecule has 1 atom stereocenters. The third-order valence-electron chi connectivity index (χ3n) is 3.31. The maximum Gasteiger partial charge on any atom is 0.238 e. The molecule has 5 nitrogen and oxygen atoms in total. The number of hydrogen-bond donors (Lipinski definition) is 2. The number of halogens is 1. The van der Waals surface area contributed by atoms with Crippen molar-refractivity contribution in [2.75, 3.05) is 37.3 Å². The Kier molecular flexibility index (Phi) is 5.23. The summed E-state index contributed by atoms with van der Waals surface area (Å²) in [6.45, 7) is 4.65. The molecule has 0 aliphatic carbocycles. The lowest BCUT2D eigenvalue weighted by molar-refractivity contribution is -0.119. The molecule has 2 rings (SSSR count). The monoisotopic (exact) mass is 297 g/mol. The number of nitrogens with two attached hydrogens (primary N) is 1. The van der Waals surface area contributed by atoms with Crippen molar-refractivity contribution in [1.82, 2.24) is 4.90 Å². The van der Waals surface area contributed by atoms with Crippen molar-refractivity contribution in [3.8, 4) is 0 Å². The van der Waals surface area contributed by atoms with E-state index in [1.165, 1.54) is 0 Å². The van der Waals surface area contributed by atoms with E-state index < -0.39 is 0 Å². The van der Waals surface area contributed by atoms with Crippen molar-refractivity contribution >= 4 is 28.9 Å². The molecular formula is C14H20ClN3O2. The average Bonchev–Trinajstić information content (AvgIpc) is 2.43. The van der Waals surface area contributed by atoms with Gasteiger partial charge in [-0.15, -0.1) is 0 Å². The van der Waals surface area contributed by atoms with Gasteiger partial charge in [0.15, 0.2) is 0 Å². The lowest BCUT2D eigenvalue weighted by Crippen LogP contribution is -2.45. The quantitative estimate of drug-likeness (QED) is 0.834. The van der Waals surface area contributed by atoms with E-state index in [0.29, 0.717) is 29.5 Å². The van der Waals surface area contributed by atoms with Crippen molar-refractivity contribution in [1.29, 1.82) is 0 Å². The fourth-order valence-electron chi connectivity index (χ4n) is 2.20. The molecule has 0 radical (unpaired) electrons. The third kappa shape index (κ3) is 4.10. The predicted octanol–water partition coefficient (Wildman–Crippen LogP) is 1.97. The molecule has 0 spiro atoms. The molecule has 0 aromatic heterocycles. The molecule has 3 N–H and O–H groups in total. The van der Waals surface area contributed by atoms with Crippen LogP contribution >= 0.6 is 11.6 Å². The van der Waals surface area contributed by atoms with E-state index in [4.69, 9.17) is 22.1 Å². The molecule has 1 aromatic carbocycles. The summed E-state index contributed by atoms with van der Waals surface area (Å²) < 4.78 is 5.58. The lowest BCUT2D eigenvalue weighted by Gasteiger charge is -2.31. The van der Waals surface area contributed by atoms with Crippen LogP contribution in [0.3, 0.4) is 0 Å². The minimum Gasteiger partial charge on any atom is -0.399 e. The molecule has 6 heteroatoms. The number of carbonyl (C=O) groups is 1. The van der Waals surface area contributed by atoms with Gasteiger partial charge in [-0.2, -0.15) is 0 Å². The zero-order chi connectivity index (χ0) is 14.5. The molecule has 1 fully saturated rings. The maximum atomic E-state index is 12.0. The van der Waals surface area contributed by atoms with Crippen LogP contribution in [0, 0.1) is 0 Å². The van der Waals surface area contributed by atoms with Crippen molar-refractivity contribution in [3.63, 3.8) is 0 Å². The van der Waals surface area contributed by atoms with E-state index in [9.17, 15) is 4.79 Å². The van der Waals surface area contributed by atoms with Crippen LogP contribution in [0.15, 0.2) is 18.2 Å². The van der Waals surface area contributed by atoms with Gasteiger partial charge in [0, 0.05) is 18.8 Å². The second kappa shape index (κ2) is 6.92. The van der Waals surface area contributed by atoms with Crippen molar-refractivity contribution in [3.05, 3.63) is 23.2 Å². The number of nitrogens with one attached hydrogen (secondary N) is 1. The van der Waals surface area contributed by atoms with E-state index >= 15 is 0 Å². The fraction of sp³-hybridized carbons (Fsp3) is 0.500. The van der Waals surface area contributed by atoms with Gasteiger partial charge in [-0.25, -0.2) is 0 Å². The van der Waals surface area contributed by atoms with Gasteiger partial charge in [-0.1, -0.05) is 18.5 Å². The Morgan fingerprint density at radius 2 is 2.40 bits per heavy atom. The molecule has 1 unspecified atom stereocenters. The summed E-state index contributed by atoms with van der Waals surface area (Å²) in [5.41, 5.74) is 6.81. The highest BCUT2D eigenvalue weighted by atomic mass is 35.5. The first-order chi connectivity index (χ1) is 9.58. The number of morpholine rings is 1. The van der Waals surface area contributed by atoms with Crippen molar-refractivity contribution in [2.45, 2.75) is 19.4 Å². The summed E-state index contributed by atoms with van der Waals surface area (Å²) >= 11 is 6.02. The SMILES string of the molecule is CCC1CN(CC(=O)Nc2cc(N)ccc2Cl)CCO1. The number of amides is 1. The molecule has 1 aliphatic heterocycles. The topological polar surface area (TPSA) is 67.6 Å². The molecule has 0 saturated carbocycles. The summed E-state index contributed by atoms with van der Waals surface area (Å²) in [7, 11) is 0. The summed E-state index contributed by atoms with van der Waals surface area (Å²) in [5.74, 6) is -0.0887. The Morgan fingerprint density at radius 1 is 1.60 bits per heavy atom. The van der Waals surface area contributed by atoms with Crippen LogP contribution in [0.5, 0.6) is 0 Å². The van der Waals surface area contributed by atoms with Gasteiger partial charge >= 0.3 is 0 Å². The van der Waals surface area contributed by atoms with Crippen LogP contribution < -0.4 is 11.1 Å². The van der Waals surface area contributed by atoms with Gasteiger partial charge in [0.05, 0.1) is 30.0 Å². The molecule has 1 saturated heterocycles. The van der Waals surface area contributed by atoms with Gasteiger partial charge in [-0.3, -0.25) is 9.69 Å². The zero-order valence-electron chi connectivity index (χ0n) is 11.6. The maximum absolute atomic E-state index is 12.0. The third-order valence-corrected chi connectivity index (χ3v) is 3.64. The number of rotatable bonds is 4. The standard InChI is InChI=1S/C14H20ClN3O2/c1-2-11-8-18(5-6-20-11)9-14(19)17-13-7-10(16)3-4-12(13)15/h3-4,7,11H,2,5-6,8-9,16H2,1H3,(H,17,19). The lowest BCUT2D eigenvalue weighted by atomic mass is 10.2. The van der Waals surface area contributed by atoms with Crippen LogP contribution in [0.25, 0.3) is 0 Å². The zero-order valence-corrected chi connectivity index (χ0v) is 12.3. The highest BCUT2D eigenvalue weighted by Crippen LogP contribution is 2.24. The molecule has 0 bridgehead atoms. The Balaban J connectivity index is 1.90. The van der Waals surface area contributed by atoms with Crippen molar-refractivity contribution < 1.29 is 9.53 Å². The van der Waals surface area contributed by atoms with Gasteiger partial charge in [0.1, 0.15) is 0 Å². The molecule has 1 aromatic rings. The summed E-state index contributed by atoms with van der Waals surface area (Å²) in [6, 6.07) is 5.04. The minimum absolute atomic E-state index is 0.0887. The van der Waals surface area contributed by atoms with Crippen LogP contribution in [0.4, 0.5) is 11.4 Å². The van der Waals surface area contributed by atoms with Gasteiger partial charge < -0.3 is 15.8 Å². The fourth-order valence-corrected chi connectivity index (χ4v) is 2.37. The number of nitrogen functional groups attached to an aromatic ring is 1. The second-order valence-electron chi connectivity index (χ2n) is 4.92. The highest BCUT2D eigenvalue weighted by molar-refractivity contribution is 6.33. The van der Waals surface area contributed by atoms with E-state index in [1.54, 1.807) is 18.2 Å². The molecule has 1 heterocycles. The van der Waals surface area contributed by atoms with Crippen LogP contribution in [0.1, 0.15) is 13.3 Å². The summed E-state index contributed by atoms with van der Waals surface area (Å²) in [4.78, 5) is 14.1. The first-order valence-corrected chi connectivity index (χ1v) is 7.15. The molecule has 1 aliphatic rings. The molecule has 110 valence electrons. The Bertz CT molecular complexity index is 481. The van der Waals surface area contributed by atoms with Gasteiger partial charge in [0.2, 0.25) is 5.91 Å². The average molecular weight is 298 g/mol. The number of ether oxygens (including phenoxy) is 1. The number of hydrogen-bond acceptors (Lipinski definition) is 4. The van der Waals surface area contributed by atoms with E-state index in [-0.39, 0.29) is 12.0 Å². The van der Waals surface area contributed by atoms with Crippen LogP contribution in [0.2, 0.25) is 5.02 Å².